The summed E-state index contributed by atoms with van der Waals surface area (Å²) in [6.07, 6.45) is 4.40. The molecule has 0 bridgehead atoms. The van der Waals surface area contributed by atoms with Gasteiger partial charge in [0.2, 0.25) is 5.91 Å². The first-order valence-electron chi connectivity index (χ1n) is 11.3. The van der Waals surface area contributed by atoms with E-state index in [9.17, 15) is 14.4 Å². The molecule has 0 radical (unpaired) electrons. The summed E-state index contributed by atoms with van der Waals surface area (Å²) in [5.74, 6) is -0.289. The molecule has 1 aromatic heterocycles. The molecule has 0 unspecified atom stereocenters. The fourth-order valence-corrected chi connectivity index (χ4v) is 4.64. The van der Waals surface area contributed by atoms with Gasteiger partial charge in [-0.2, -0.15) is 0 Å². The van der Waals surface area contributed by atoms with Crippen molar-refractivity contribution in [3.05, 3.63) is 88.6 Å². The van der Waals surface area contributed by atoms with E-state index >= 15 is 0 Å². The van der Waals surface area contributed by atoms with Gasteiger partial charge in [-0.3, -0.25) is 14.4 Å². The summed E-state index contributed by atoms with van der Waals surface area (Å²) in [5.41, 5.74) is 2.60. The Bertz CT molecular complexity index is 1340. The molecule has 1 aliphatic carbocycles. The van der Waals surface area contributed by atoms with Gasteiger partial charge in [-0.05, 0) is 61.4 Å². The Balaban J connectivity index is 1.35. The Morgan fingerprint density at radius 1 is 0.818 bits per heavy atom. The van der Waals surface area contributed by atoms with E-state index in [0.29, 0.717) is 22.0 Å². The molecular weight excluding hydrogens is 414 g/mol. The number of pyridine rings is 1. The maximum Gasteiger partial charge on any atom is 0.251 e. The van der Waals surface area contributed by atoms with E-state index in [-0.39, 0.29) is 29.8 Å². The first-order chi connectivity index (χ1) is 16.1. The predicted octanol–water partition coefficient (Wildman–Crippen LogP) is 4.47. The van der Waals surface area contributed by atoms with Gasteiger partial charge in [0.15, 0.2) is 5.43 Å². The minimum absolute atomic E-state index is 0.0377. The number of fused-ring (bicyclic) bond motifs is 2. The smallest absolute Gasteiger partial charge is 0.251 e. The first kappa shape index (κ1) is 20.9. The normalized spacial score (nSPS) is 13.9. The van der Waals surface area contributed by atoms with Crippen LogP contribution in [-0.4, -0.2) is 22.4 Å². The fourth-order valence-electron chi connectivity index (χ4n) is 4.64. The van der Waals surface area contributed by atoms with Gasteiger partial charge in [-0.1, -0.05) is 37.1 Å². The van der Waals surface area contributed by atoms with Crippen LogP contribution < -0.4 is 16.1 Å². The second-order valence-electron chi connectivity index (χ2n) is 8.53. The topological polar surface area (TPSA) is 80.2 Å². The lowest BCUT2D eigenvalue weighted by atomic mass is 10.1. The minimum atomic E-state index is -0.211. The Morgan fingerprint density at radius 3 is 2.00 bits per heavy atom. The monoisotopic (exact) mass is 439 g/mol. The zero-order chi connectivity index (χ0) is 22.8. The molecule has 0 atom stereocenters. The molecule has 1 heterocycles. The Kier molecular flexibility index (Phi) is 5.65. The molecule has 0 saturated heterocycles. The molecule has 1 fully saturated rings. The van der Waals surface area contributed by atoms with E-state index in [1.54, 1.807) is 36.4 Å². The van der Waals surface area contributed by atoms with Gasteiger partial charge in [0, 0.05) is 28.1 Å². The van der Waals surface area contributed by atoms with E-state index in [2.05, 4.69) is 10.6 Å². The Morgan fingerprint density at radius 2 is 1.39 bits per heavy atom. The number of rotatable bonds is 5. The Hall–Kier alpha value is -3.93. The van der Waals surface area contributed by atoms with Gasteiger partial charge in [-0.15, -0.1) is 0 Å². The number of benzene rings is 3. The van der Waals surface area contributed by atoms with Crippen molar-refractivity contribution in [1.29, 1.82) is 0 Å². The standard InChI is InChI=1S/C27H25N3O3/c31-25(28-20-15-13-18(14-16-20)27(33)29-19-7-1-2-8-19)17-30-23-11-5-3-9-21(23)26(32)22-10-4-6-12-24(22)30/h3-6,9-16,19H,1-2,7-8,17H2,(H,28,31)(H,29,33). The summed E-state index contributed by atoms with van der Waals surface area (Å²) in [6, 6.07) is 21.9. The molecule has 1 saturated carbocycles. The van der Waals surface area contributed by atoms with Crippen LogP contribution >= 0.6 is 0 Å². The van der Waals surface area contributed by atoms with Crippen molar-refractivity contribution in [2.45, 2.75) is 38.3 Å². The lowest BCUT2D eigenvalue weighted by Gasteiger charge is -2.15. The molecule has 166 valence electrons. The van der Waals surface area contributed by atoms with Gasteiger partial charge in [0.1, 0.15) is 6.54 Å². The third kappa shape index (κ3) is 4.24. The number of carbonyl (C=O) groups excluding carboxylic acids is 2. The van der Waals surface area contributed by atoms with Crippen LogP contribution in [0.3, 0.4) is 0 Å². The zero-order valence-electron chi connectivity index (χ0n) is 18.2. The zero-order valence-corrected chi connectivity index (χ0v) is 18.2. The summed E-state index contributed by atoms with van der Waals surface area (Å²) in [4.78, 5) is 38.2. The number of nitrogens with one attached hydrogen (secondary N) is 2. The van der Waals surface area contributed by atoms with Crippen LogP contribution in [0, 0.1) is 0 Å². The third-order valence-electron chi connectivity index (χ3n) is 6.30. The third-order valence-corrected chi connectivity index (χ3v) is 6.30. The van der Waals surface area contributed by atoms with E-state index in [1.807, 2.05) is 41.0 Å². The number of amides is 2. The molecule has 2 N–H and O–H groups in total. The lowest BCUT2D eigenvalue weighted by Crippen LogP contribution is -2.32. The second kappa shape index (κ2) is 8.90. The van der Waals surface area contributed by atoms with E-state index < -0.39 is 0 Å². The fraction of sp³-hybridized carbons (Fsp3) is 0.222. The Labute approximate surface area is 191 Å². The van der Waals surface area contributed by atoms with Gasteiger partial charge < -0.3 is 15.2 Å². The number of para-hydroxylation sites is 2. The second-order valence-corrected chi connectivity index (χ2v) is 8.53. The van der Waals surface area contributed by atoms with Crippen LogP contribution in [0.1, 0.15) is 36.0 Å². The van der Waals surface area contributed by atoms with Crippen molar-refractivity contribution in [2.75, 3.05) is 5.32 Å². The molecule has 6 heteroatoms. The number of nitrogens with zero attached hydrogens (tertiary/aromatic N) is 1. The summed E-state index contributed by atoms with van der Waals surface area (Å²) >= 11 is 0. The van der Waals surface area contributed by atoms with Crippen LogP contribution in [0.25, 0.3) is 21.8 Å². The minimum Gasteiger partial charge on any atom is -0.349 e. The van der Waals surface area contributed by atoms with E-state index in [0.717, 1.165) is 36.7 Å². The number of aromatic nitrogens is 1. The SMILES string of the molecule is O=C(Cn1c2ccccc2c(=O)c2ccccc21)Nc1ccc(C(=O)NC2CCCC2)cc1. The number of hydrogen-bond donors (Lipinski definition) is 2. The molecule has 0 aliphatic heterocycles. The van der Waals surface area contributed by atoms with Crippen molar-refractivity contribution < 1.29 is 9.59 Å². The van der Waals surface area contributed by atoms with Gasteiger partial charge in [-0.25, -0.2) is 0 Å². The highest BCUT2D eigenvalue weighted by molar-refractivity contribution is 5.98. The highest BCUT2D eigenvalue weighted by Crippen LogP contribution is 2.20. The first-order valence-corrected chi connectivity index (χ1v) is 11.3. The van der Waals surface area contributed by atoms with Crippen LogP contribution in [0.4, 0.5) is 5.69 Å². The molecule has 1 aliphatic rings. The molecule has 3 aromatic carbocycles. The average molecular weight is 440 g/mol. The molecule has 6 nitrogen and oxygen atoms in total. The van der Waals surface area contributed by atoms with Gasteiger partial charge in [0.05, 0.1) is 11.0 Å². The highest BCUT2D eigenvalue weighted by Gasteiger charge is 2.18. The quantitative estimate of drug-likeness (QED) is 0.451. The molecule has 33 heavy (non-hydrogen) atoms. The number of anilines is 1. The maximum atomic E-state index is 12.9. The summed E-state index contributed by atoms with van der Waals surface area (Å²) in [6.45, 7) is 0.0607. The summed E-state index contributed by atoms with van der Waals surface area (Å²) < 4.78 is 1.87. The maximum absolute atomic E-state index is 12.9. The van der Waals surface area contributed by atoms with Crippen LogP contribution in [0.15, 0.2) is 77.6 Å². The highest BCUT2D eigenvalue weighted by atomic mass is 16.2. The van der Waals surface area contributed by atoms with Gasteiger partial charge >= 0.3 is 0 Å². The van der Waals surface area contributed by atoms with Gasteiger partial charge in [0.25, 0.3) is 5.91 Å². The predicted molar refractivity (Wildman–Crippen MR) is 131 cm³/mol. The largest absolute Gasteiger partial charge is 0.349 e. The van der Waals surface area contributed by atoms with Crippen molar-refractivity contribution in [2.24, 2.45) is 0 Å². The molecule has 5 rings (SSSR count). The van der Waals surface area contributed by atoms with Crippen LogP contribution in [0.5, 0.6) is 0 Å². The van der Waals surface area contributed by atoms with Crippen LogP contribution in [-0.2, 0) is 11.3 Å². The average Bonchev–Trinajstić information content (AvgIpc) is 3.35. The van der Waals surface area contributed by atoms with Crippen molar-refractivity contribution in [1.82, 2.24) is 9.88 Å². The van der Waals surface area contributed by atoms with Crippen LogP contribution in [0.2, 0.25) is 0 Å². The van der Waals surface area contributed by atoms with Crippen molar-refractivity contribution in [3.63, 3.8) is 0 Å². The molecule has 0 spiro atoms. The molecular formula is C27H25N3O3. The lowest BCUT2D eigenvalue weighted by molar-refractivity contribution is -0.116. The van der Waals surface area contributed by atoms with E-state index in [4.69, 9.17) is 0 Å². The summed E-state index contributed by atoms with van der Waals surface area (Å²) in [5, 5.41) is 7.15. The number of hydrogen-bond acceptors (Lipinski definition) is 3. The van der Waals surface area contributed by atoms with Crippen molar-refractivity contribution >= 4 is 39.3 Å². The molecule has 4 aromatic rings. The van der Waals surface area contributed by atoms with E-state index in [1.165, 1.54) is 0 Å². The summed E-state index contributed by atoms with van der Waals surface area (Å²) in [7, 11) is 0. The van der Waals surface area contributed by atoms with Crippen molar-refractivity contribution in [3.8, 4) is 0 Å². The number of carbonyl (C=O) groups is 2. The molecule has 2 amide bonds.